The fraction of sp³-hybridized carbons (Fsp3) is 0.745. The van der Waals surface area contributed by atoms with E-state index in [-0.39, 0.29) is 61.7 Å². The van der Waals surface area contributed by atoms with Gasteiger partial charge in [-0.2, -0.15) is 0 Å². The van der Waals surface area contributed by atoms with Crippen LogP contribution in [0.2, 0.25) is 0 Å². The standard InChI is InChI=1S/C55H86N2O13/c1-13-27-68-56-49-38(6)28-34(2)19-15-14-16-20-35(3)45(64-9)32-42-24-22-40(8)55(63,70-42)52(60)53(61)57-26-18-17-21-43(57)54(62)69-47(37(5)30-41-23-25-44(58)48(31-41)66-11)33-46(65-10)36(4)29-39(7)50(59)51(49)67-12/h1,14-16,19-20,29,34,36-38,40-48,50-51,58-59,63H,17-18,21-28,30-33H2,2-12H3/b16-14+,19-15+,35-20+,39-29+,56-49-/t34-,36-,37-,38-,40-,41+,42+,43+,44-,45+,46-,47+,48-,50-,51+,55-/m1/s1. The molecule has 0 unspecified atom stereocenters. The third-order valence-electron chi connectivity index (χ3n) is 15.3. The Morgan fingerprint density at radius 1 is 0.871 bits per heavy atom. The van der Waals surface area contributed by atoms with Crippen molar-refractivity contribution in [3.8, 4) is 12.3 Å². The zero-order valence-corrected chi connectivity index (χ0v) is 43.9. The molecule has 2 saturated heterocycles. The van der Waals surface area contributed by atoms with Gasteiger partial charge in [0, 0.05) is 65.6 Å². The molecule has 2 bridgehead atoms. The van der Waals surface area contributed by atoms with E-state index >= 15 is 0 Å². The van der Waals surface area contributed by atoms with E-state index in [2.05, 4.69) is 24.1 Å². The Labute approximate surface area is 418 Å². The number of oxime groups is 1. The first kappa shape index (κ1) is 58.8. The number of esters is 1. The number of carbonyl (C=O) groups is 3. The third-order valence-corrected chi connectivity index (χ3v) is 15.3. The molecule has 3 heterocycles. The molecule has 1 amide bonds. The lowest BCUT2D eigenvalue weighted by molar-refractivity contribution is -0.265. The van der Waals surface area contributed by atoms with Gasteiger partial charge in [-0.3, -0.25) is 9.59 Å². The van der Waals surface area contributed by atoms with Crippen molar-refractivity contribution in [2.24, 2.45) is 40.7 Å². The number of ether oxygens (including phenoxy) is 6. The molecule has 4 aliphatic rings. The smallest absolute Gasteiger partial charge is 0.329 e. The second-order valence-electron chi connectivity index (χ2n) is 20.6. The Hall–Kier alpha value is -3.72. The van der Waals surface area contributed by atoms with Crippen LogP contribution in [0.4, 0.5) is 0 Å². The van der Waals surface area contributed by atoms with E-state index in [1.807, 2.05) is 65.0 Å². The number of terminal acetylenes is 1. The zero-order valence-electron chi connectivity index (χ0n) is 43.9. The number of carbonyl (C=O) groups excluding carboxylic acids is 3. The van der Waals surface area contributed by atoms with Crippen LogP contribution < -0.4 is 0 Å². The number of methoxy groups -OCH3 is 4. The number of rotatable bonds is 9. The molecule has 70 heavy (non-hydrogen) atoms. The summed E-state index contributed by atoms with van der Waals surface area (Å²) in [6.07, 6.45) is 18.6. The van der Waals surface area contributed by atoms with Crippen LogP contribution in [0.25, 0.3) is 0 Å². The second kappa shape index (κ2) is 28.5. The number of cyclic esters (lactones) is 1. The van der Waals surface area contributed by atoms with E-state index in [1.165, 1.54) is 12.0 Å². The van der Waals surface area contributed by atoms with Crippen molar-refractivity contribution in [1.82, 2.24) is 4.90 Å². The number of hydrogen-bond donors (Lipinski definition) is 3. The fourth-order valence-electron chi connectivity index (χ4n) is 10.9. The lowest BCUT2D eigenvalue weighted by Crippen LogP contribution is -2.61. The highest BCUT2D eigenvalue weighted by Gasteiger charge is 2.53. The molecule has 16 atom stereocenters. The maximum atomic E-state index is 14.6. The van der Waals surface area contributed by atoms with Gasteiger partial charge in [0.25, 0.3) is 11.7 Å². The van der Waals surface area contributed by atoms with Crippen molar-refractivity contribution in [2.75, 3.05) is 41.6 Å². The Bertz CT molecular complexity index is 1890. The molecule has 3 N–H and O–H groups in total. The summed E-state index contributed by atoms with van der Waals surface area (Å²) in [5.74, 6) is -3.77. The number of piperidine rings is 1. The predicted molar refractivity (Wildman–Crippen MR) is 268 cm³/mol. The van der Waals surface area contributed by atoms with Gasteiger partial charge in [0.1, 0.15) is 24.4 Å². The molecular weight excluding hydrogens is 897 g/mol. The highest BCUT2D eigenvalue weighted by atomic mass is 16.6. The minimum Gasteiger partial charge on any atom is -0.460 e. The van der Waals surface area contributed by atoms with Crippen LogP contribution in [0.3, 0.4) is 0 Å². The third kappa shape index (κ3) is 15.9. The van der Waals surface area contributed by atoms with Crippen LogP contribution in [-0.4, -0.2) is 146 Å². The van der Waals surface area contributed by atoms with Crippen LogP contribution in [0.15, 0.2) is 52.8 Å². The van der Waals surface area contributed by atoms with Crippen molar-refractivity contribution in [3.05, 3.63) is 47.6 Å². The number of amides is 1. The predicted octanol–water partition coefficient (Wildman–Crippen LogP) is 7.06. The molecule has 4 rings (SSSR count). The molecule has 0 aromatic carbocycles. The normalized spacial score (nSPS) is 39.8. The minimum atomic E-state index is -2.40. The van der Waals surface area contributed by atoms with Gasteiger partial charge in [-0.1, -0.05) is 82.2 Å². The van der Waals surface area contributed by atoms with E-state index in [1.54, 1.807) is 28.3 Å². The van der Waals surface area contributed by atoms with E-state index < -0.39 is 78.1 Å². The Morgan fingerprint density at radius 2 is 1.60 bits per heavy atom. The molecule has 3 aliphatic heterocycles. The van der Waals surface area contributed by atoms with Gasteiger partial charge in [0.15, 0.2) is 6.61 Å². The quantitative estimate of drug-likeness (QED) is 0.0532. The van der Waals surface area contributed by atoms with Gasteiger partial charge in [-0.05, 0) is 107 Å². The van der Waals surface area contributed by atoms with Gasteiger partial charge in [0.05, 0.1) is 36.2 Å². The summed E-state index contributed by atoms with van der Waals surface area (Å²) in [7, 11) is 6.32. The Morgan fingerprint density at radius 3 is 2.27 bits per heavy atom. The van der Waals surface area contributed by atoms with Crippen LogP contribution >= 0.6 is 0 Å². The maximum Gasteiger partial charge on any atom is 0.329 e. The Kier molecular flexibility index (Phi) is 24.0. The number of ketones is 1. The Balaban J connectivity index is 1.77. The lowest BCUT2D eigenvalue weighted by atomic mass is 9.78. The van der Waals surface area contributed by atoms with Crippen molar-refractivity contribution < 1.29 is 63.0 Å². The summed E-state index contributed by atoms with van der Waals surface area (Å²) in [4.78, 5) is 50.1. The first-order chi connectivity index (χ1) is 33.3. The maximum absolute atomic E-state index is 14.6. The summed E-state index contributed by atoms with van der Waals surface area (Å²) in [6, 6.07) is -1.07. The molecule has 0 spiro atoms. The second-order valence-corrected chi connectivity index (χ2v) is 20.6. The monoisotopic (exact) mass is 983 g/mol. The molecule has 394 valence electrons. The van der Waals surface area contributed by atoms with Crippen LogP contribution in [0, 0.1) is 47.9 Å². The molecular formula is C55H86N2O13. The highest BCUT2D eigenvalue weighted by Crippen LogP contribution is 2.38. The van der Waals surface area contributed by atoms with Crippen molar-refractivity contribution >= 4 is 23.4 Å². The van der Waals surface area contributed by atoms with Crippen molar-refractivity contribution in [2.45, 2.75) is 186 Å². The minimum absolute atomic E-state index is 0.0522. The highest BCUT2D eigenvalue weighted by molar-refractivity contribution is 6.39. The fourth-order valence-corrected chi connectivity index (χ4v) is 10.9. The first-order valence-electron chi connectivity index (χ1n) is 25.6. The lowest BCUT2D eigenvalue weighted by Gasteiger charge is -2.43. The summed E-state index contributed by atoms with van der Waals surface area (Å²) in [5, 5.41) is 39.0. The SMILES string of the molecule is C#CCO/N=C1/[C@H](C)C[C@H](C)/C=C/C=C/C=C(\C)[C@@H](OC)C[C@@H]2CC[C@@H](C)[C@@](O)(O2)C(=O)C(=O)N2CCCC[C@H]2C(=O)O[C@H]([C@H](C)C[C@@H]2CC[C@@H](O)[C@H](OC)C2)C[C@@H](OC)[C@H](C)/C=C(\C)[C@@H](O)[C@H]1OC. The largest absolute Gasteiger partial charge is 0.460 e. The number of aliphatic hydroxyl groups is 3. The van der Waals surface area contributed by atoms with Crippen LogP contribution in [-0.2, 0) is 47.6 Å². The van der Waals surface area contributed by atoms with Gasteiger partial charge >= 0.3 is 5.97 Å². The van der Waals surface area contributed by atoms with E-state index in [4.69, 9.17) is 39.7 Å². The molecule has 0 aromatic rings. The van der Waals surface area contributed by atoms with Crippen molar-refractivity contribution in [3.63, 3.8) is 0 Å². The number of aliphatic hydroxyl groups excluding tert-OH is 2. The summed E-state index contributed by atoms with van der Waals surface area (Å²) >= 11 is 0. The van der Waals surface area contributed by atoms with E-state index in [9.17, 15) is 29.7 Å². The summed E-state index contributed by atoms with van der Waals surface area (Å²) < 4.78 is 36.4. The van der Waals surface area contributed by atoms with Crippen molar-refractivity contribution in [1.29, 1.82) is 0 Å². The van der Waals surface area contributed by atoms with Gasteiger partial charge in [-0.25, -0.2) is 4.79 Å². The van der Waals surface area contributed by atoms with Gasteiger partial charge < -0.3 is 53.5 Å². The number of nitrogens with zero attached hydrogens (tertiary/aromatic N) is 2. The van der Waals surface area contributed by atoms with E-state index in [0.29, 0.717) is 69.1 Å². The number of fused-ring (bicyclic) bond motifs is 3. The molecule has 0 aromatic heterocycles. The average molecular weight is 983 g/mol. The number of allylic oxidation sites excluding steroid dienone is 5. The van der Waals surface area contributed by atoms with Crippen LogP contribution in [0.5, 0.6) is 0 Å². The number of Topliss-reactive ketones (excluding diaryl/α,β-unsaturated/α-hetero) is 1. The molecule has 15 heteroatoms. The number of hydrogen-bond acceptors (Lipinski definition) is 14. The molecule has 1 saturated carbocycles. The first-order valence-corrected chi connectivity index (χ1v) is 25.6. The summed E-state index contributed by atoms with van der Waals surface area (Å²) in [5.41, 5.74) is 2.02. The molecule has 3 fully saturated rings. The summed E-state index contributed by atoms with van der Waals surface area (Å²) in [6.45, 7) is 13.7. The molecule has 1 aliphatic carbocycles. The van der Waals surface area contributed by atoms with Crippen LogP contribution in [0.1, 0.15) is 126 Å². The topological polar surface area (TPSA) is 192 Å². The van der Waals surface area contributed by atoms with Gasteiger partial charge in [0.2, 0.25) is 5.79 Å². The van der Waals surface area contributed by atoms with E-state index in [0.717, 1.165) is 12.0 Å². The van der Waals surface area contributed by atoms with Gasteiger partial charge in [-0.15, -0.1) is 6.42 Å². The molecule has 0 radical (unpaired) electrons. The average Bonchev–Trinajstić information content (AvgIpc) is 3.34. The molecule has 15 nitrogen and oxygen atoms in total. The zero-order chi connectivity index (χ0) is 51.7.